The molecule has 1 rings (SSSR count). The fourth-order valence-electron chi connectivity index (χ4n) is 2.44. The molecule has 1 saturated heterocycles. The molecule has 1 N–H and O–H groups in total. The van der Waals surface area contributed by atoms with E-state index in [1.165, 1.54) is 4.90 Å². The summed E-state index contributed by atoms with van der Waals surface area (Å²) in [6.07, 6.45) is 2.66. The van der Waals surface area contributed by atoms with Crippen LogP contribution < -0.4 is 0 Å². The SMILES string of the molecule is CCCN(CC(=O)O)C(=O)N(C)C1CCN(C)CC1. The molecule has 6 heteroatoms. The third-order valence-electron chi connectivity index (χ3n) is 3.63. The number of carboxylic acid groups (broad SMARTS) is 1. The monoisotopic (exact) mass is 271 g/mol. The van der Waals surface area contributed by atoms with Crippen LogP contribution in [0.3, 0.4) is 0 Å². The first-order valence-corrected chi connectivity index (χ1v) is 6.87. The normalized spacial score (nSPS) is 17.2. The minimum atomic E-state index is -0.960. The van der Waals surface area contributed by atoms with Gasteiger partial charge in [0.1, 0.15) is 6.54 Å². The number of likely N-dealkylation sites (tertiary alicyclic amines) is 1. The Kier molecular flexibility index (Phi) is 6.08. The van der Waals surface area contributed by atoms with Gasteiger partial charge in [0.15, 0.2) is 0 Å². The van der Waals surface area contributed by atoms with Gasteiger partial charge in [0.2, 0.25) is 0 Å². The van der Waals surface area contributed by atoms with Gasteiger partial charge in [-0.3, -0.25) is 4.79 Å². The Bertz CT molecular complexity index is 314. The first kappa shape index (κ1) is 15.8. The van der Waals surface area contributed by atoms with Crippen molar-refractivity contribution in [2.45, 2.75) is 32.2 Å². The van der Waals surface area contributed by atoms with E-state index in [0.717, 1.165) is 32.4 Å². The lowest BCUT2D eigenvalue weighted by Gasteiger charge is -2.37. The van der Waals surface area contributed by atoms with Crippen molar-refractivity contribution in [2.24, 2.45) is 0 Å². The smallest absolute Gasteiger partial charge is 0.323 e. The number of piperidine rings is 1. The predicted molar refractivity (Wildman–Crippen MR) is 73.2 cm³/mol. The average molecular weight is 271 g/mol. The molecule has 19 heavy (non-hydrogen) atoms. The Morgan fingerprint density at radius 1 is 1.32 bits per heavy atom. The van der Waals surface area contributed by atoms with Crippen LogP contribution in [0.25, 0.3) is 0 Å². The van der Waals surface area contributed by atoms with Gasteiger partial charge in [-0.1, -0.05) is 6.92 Å². The van der Waals surface area contributed by atoms with Crippen LogP contribution in [-0.2, 0) is 4.79 Å². The summed E-state index contributed by atoms with van der Waals surface area (Å²) in [5, 5.41) is 8.87. The molecule has 0 aliphatic carbocycles. The van der Waals surface area contributed by atoms with Crippen molar-refractivity contribution in [3.05, 3.63) is 0 Å². The third kappa shape index (κ3) is 4.70. The van der Waals surface area contributed by atoms with Gasteiger partial charge in [0.25, 0.3) is 0 Å². The molecule has 1 aliphatic rings. The van der Waals surface area contributed by atoms with Crippen molar-refractivity contribution in [1.82, 2.24) is 14.7 Å². The number of urea groups is 1. The Morgan fingerprint density at radius 3 is 2.37 bits per heavy atom. The lowest BCUT2D eigenvalue weighted by molar-refractivity contribution is -0.137. The molecule has 0 atom stereocenters. The number of rotatable bonds is 5. The van der Waals surface area contributed by atoms with Crippen LogP contribution >= 0.6 is 0 Å². The quantitative estimate of drug-likeness (QED) is 0.808. The molecule has 1 heterocycles. The molecule has 0 radical (unpaired) electrons. The maximum absolute atomic E-state index is 12.3. The van der Waals surface area contributed by atoms with Gasteiger partial charge < -0.3 is 19.8 Å². The first-order valence-electron chi connectivity index (χ1n) is 6.87. The topological polar surface area (TPSA) is 64.1 Å². The van der Waals surface area contributed by atoms with Crippen molar-refractivity contribution in [1.29, 1.82) is 0 Å². The van der Waals surface area contributed by atoms with E-state index in [1.54, 1.807) is 11.9 Å². The summed E-state index contributed by atoms with van der Waals surface area (Å²) in [4.78, 5) is 28.5. The van der Waals surface area contributed by atoms with Crippen molar-refractivity contribution in [3.63, 3.8) is 0 Å². The van der Waals surface area contributed by atoms with Crippen LogP contribution in [0.1, 0.15) is 26.2 Å². The molecule has 2 amide bonds. The summed E-state index contributed by atoms with van der Waals surface area (Å²) in [6, 6.07) is 0.0515. The summed E-state index contributed by atoms with van der Waals surface area (Å²) < 4.78 is 0. The largest absolute Gasteiger partial charge is 0.480 e. The fourth-order valence-corrected chi connectivity index (χ4v) is 2.44. The molecule has 0 spiro atoms. The van der Waals surface area contributed by atoms with E-state index in [2.05, 4.69) is 11.9 Å². The van der Waals surface area contributed by atoms with E-state index >= 15 is 0 Å². The predicted octanol–water partition coefficient (Wildman–Crippen LogP) is 0.929. The van der Waals surface area contributed by atoms with Crippen LogP contribution in [-0.4, -0.2) is 78.1 Å². The van der Waals surface area contributed by atoms with Crippen molar-refractivity contribution < 1.29 is 14.7 Å². The molecule has 0 bridgehead atoms. The van der Waals surface area contributed by atoms with Gasteiger partial charge in [-0.05, 0) is 39.4 Å². The highest BCUT2D eigenvalue weighted by Gasteiger charge is 2.27. The Labute approximate surface area is 115 Å². The van der Waals surface area contributed by atoms with Crippen LogP contribution in [0.15, 0.2) is 0 Å². The second-order valence-electron chi connectivity index (χ2n) is 5.24. The molecule has 0 aromatic rings. The van der Waals surface area contributed by atoms with E-state index in [-0.39, 0.29) is 18.6 Å². The van der Waals surface area contributed by atoms with E-state index in [1.807, 2.05) is 6.92 Å². The Morgan fingerprint density at radius 2 is 1.89 bits per heavy atom. The van der Waals surface area contributed by atoms with E-state index in [0.29, 0.717) is 6.54 Å². The van der Waals surface area contributed by atoms with Gasteiger partial charge in [-0.15, -0.1) is 0 Å². The lowest BCUT2D eigenvalue weighted by Crippen LogP contribution is -2.50. The van der Waals surface area contributed by atoms with Gasteiger partial charge in [0, 0.05) is 19.6 Å². The zero-order valence-corrected chi connectivity index (χ0v) is 12.1. The fraction of sp³-hybridized carbons (Fsp3) is 0.846. The highest BCUT2D eigenvalue weighted by Crippen LogP contribution is 2.15. The molecular formula is C13H25N3O3. The molecule has 0 aromatic heterocycles. The number of carbonyl (C=O) groups excluding carboxylic acids is 1. The van der Waals surface area contributed by atoms with Gasteiger partial charge in [0.05, 0.1) is 0 Å². The molecular weight excluding hydrogens is 246 g/mol. The van der Waals surface area contributed by atoms with Crippen molar-refractivity contribution >= 4 is 12.0 Å². The van der Waals surface area contributed by atoms with Gasteiger partial charge in [-0.2, -0.15) is 0 Å². The minimum Gasteiger partial charge on any atom is -0.480 e. The summed E-state index contributed by atoms with van der Waals surface area (Å²) in [5.41, 5.74) is 0. The number of carbonyl (C=O) groups is 2. The molecule has 0 unspecified atom stereocenters. The molecule has 0 aromatic carbocycles. The summed E-state index contributed by atoms with van der Waals surface area (Å²) in [5.74, 6) is -0.960. The zero-order valence-electron chi connectivity index (χ0n) is 12.1. The molecule has 0 saturated carbocycles. The molecule has 110 valence electrons. The summed E-state index contributed by atoms with van der Waals surface area (Å²) in [6.45, 7) is 4.17. The van der Waals surface area contributed by atoms with Crippen LogP contribution in [0.2, 0.25) is 0 Å². The highest BCUT2D eigenvalue weighted by molar-refractivity contribution is 5.80. The zero-order chi connectivity index (χ0) is 14.4. The number of carboxylic acids is 1. The number of amides is 2. The van der Waals surface area contributed by atoms with Gasteiger partial charge in [-0.25, -0.2) is 4.79 Å². The maximum atomic E-state index is 12.3. The Hall–Kier alpha value is -1.30. The highest BCUT2D eigenvalue weighted by atomic mass is 16.4. The molecule has 1 fully saturated rings. The average Bonchev–Trinajstić information content (AvgIpc) is 2.37. The van der Waals surface area contributed by atoms with Crippen LogP contribution in [0, 0.1) is 0 Å². The van der Waals surface area contributed by atoms with Crippen molar-refractivity contribution in [2.75, 3.05) is 40.3 Å². The number of aliphatic carboxylic acids is 1. The lowest BCUT2D eigenvalue weighted by atomic mass is 10.0. The Balaban J connectivity index is 2.59. The number of nitrogens with zero attached hydrogens (tertiary/aromatic N) is 3. The maximum Gasteiger partial charge on any atom is 0.323 e. The summed E-state index contributed by atoms with van der Waals surface area (Å²) >= 11 is 0. The van der Waals surface area contributed by atoms with E-state index in [9.17, 15) is 9.59 Å². The van der Waals surface area contributed by atoms with E-state index in [4.69, 9.17) is 5.11 Å². The first-order chi connectivity index (χ1) is 8.95. The third-order valence-corrected chi connectivity index (χ3v) is 3.63. The number of hydrogen-bond donors (Lipinski definition) is 1. The van der Waals surface area contributed by atoms with Crippen molar-refractivity contribution in [3.8, 4) is 0 Å². The minimum absolute atomic E-state index is 0.168. The van der Waals surface area contributed by atoms with E-state index < -0.39 is 5.97 Å². The summed E-state index contributed by atoms with van der Waals surface area (Å²) in [7, 11) is 3.86. The second-order valence-corrected chi connectivity index (χ2v) is 5.24. The molecule has 1 aliphatic heterocycles. The van der Waals surface area contributed by atoms with Crippen LogP contribution in [0.4, 0.5) is 4.79 Å². The number of hydrogen-bond acceptors (Lipinski definition) is 3. The van der Waals surface area contributed by atoms with Crippen LogP contribution in [0.5, 0.6) is 0 Å². The van der Waals surface area contributed by atoms with Gasteiger partial charge >= 0.3 is 12.0 Å². The molecule has 6 nitrogen and oxygen atoms in total. The standard InChI is InChI=1S/C13H25N3O3/c1-4-7-16(10-12(17)18)13(19)15(3)11-5-8-14(2)9-6-11/h11H,4-10H2,1-3H3,(H,17,18). The second kappa shape index (κ2) is 7.33.